The van der Waals surface area contributed by atoms with Crippen LogP contribution < -0.4 is 10.6 Å². The highest BCUT2D eigenvalue weighted by Gasteiger charge is 2.19. The molecule has 0 aromatic heterocycles. The predicted molar refractivity (Wildman–Crippen MR) is 73.5 cm³/mol. The molecule has 1 aromatic carbocycles. The minimum Gasteiger partial charge on any atom is -0.352 e. The van der Waals surface area contributed by atoms with E-state index in [2.05, 4.69) is 47.9 Å². The van der Waals surface area contributed by atoms with Crippen molar-refractivity contribution in [2.24, 2.45) is 0 Å². The monoisotopic (exact) mass is 246 g/mol. The summed E-state index contributed by atoms with van der Waals surface area (Å²) in [6, 6.07) is 10.9. The molecule has 0 spiro atoms. The molecule has 1 heterocycles. The number of amides is 1. The summed E-state index contributed by atoms with van der Waals surface area (Å²) in [5.41, 5.74) is 1.40. The second-order valence-electron chi connectivity index (χ2n) is 5.11. The summed E-state index contributed by atoms with van der Waals surface area (Å²) in [6.07, 6.45) is 2.79. The third kappa shape index (κ3) is 3.84. The van der Waals surface area contributed by atoms with Gasteiger partial charge in [0.1, 0.15) is 0 Å². The molecule has 1 fully saturated rings. The molecule has 0 radical (unpaired) electrons. The van der Waals surface area contributed by atoms with Crippen molar-refractivity contribution in [1.82, 2.24) is 10.6 Å². The van der Waals surface area contributed by atoms with Gasteiger partial charge in [-0.25, -0.2) is 0 Å². The van der Waals surface area contributed by atoms with E-state index in [1.165, 1.54) is 5.56 Å². The highest BCUT2D eigenvalue weighted by Crippen LogP contribution is 2.17. The molecule has 2 N–H and O–H groups in total. The molecule has 1 aliphatic rings. The SMILES string of the molecule is CC(CCNCC1CCC(=O)N1)c1ccccc1. The standard InChI is InChI=1S/C15H22N2O/c1-12(13-5-3-2-4-6-13)9-10-16-11-14-7-8-15(18)17-14/h2-6,12,14,16H,7-11H2,1H3,(H,17,18). The van der Waals surface area contributed by atoms with Crippen LogP contribution in [0.15, 0.2) is 30.3 Å². The largest absolute Gasteiger partial charge is 0.352 e. The van der Waals surface area contributed by atoms with E-state index in [9.17, 15) is 4.79 Å². The van der Waals surface area contributed by atoms with Crippen molar-refractivity contribution < 1.29 is 4.79 Å². The maximum absolute atomic E-state index is 11.0. The molecule has 18 heavy (non-hydrogen) atoms. The van der Waals surface area contributed by atoms with Gasteiger partial charge in [-0.2, -0.15) is 0 Å². The molecule has 1 amide bonds. The fourth-order valence-corrected chi connectivity index (χ4v) is 2.37. The molecule has 0 saturated carbocycles. The number of rotatable bonds is 6. The fourth-order valence-electron chi connectivity index (χ4n) is 2.37. The lowest BCUT2D eigenvalue weighted by atomic mass is 9.98. The highest BCUT2D eigenvalue weighted by atomic mass is 16.1. The summed E-state index contributed by atoms with van der Waals surface area (Å²) in [7, 11) is 0. The number of carbonyl (C=O) groups is 1. The molecule has 2 atom stereocenters. The first kappa shape index (κ1) is 13.1. The van der Waals surface area contributed by atoms with Crippen molar-refractivity contribution in [3.8, 4) is 0 Å². The van der Waals surface area contributed by atoms with E-state index in [0.717, 1.165) is 25.9 Å². The van der Waals surface area contributed by atoms with Gasteiger partial charge in [-0.05, 0) is 30.9 Å². The highest BCUT2D eigenvalue weighted by molar-refractivity contribution is 5.78. The molecular formula is C15H22N2O. The van der Waals surface area contributed by atoms with Crippen molar-refractivity contribution >= 4 is 5.91 Å². The zero-order valence-electron chi connectivity index (χ0n) is 11.0. The fraction of sp³-hybridized carbons (Fsp3) is 0.533. The second-order valence-corrected chi connectivity index (χ2v) is 5.11. The number of hydrogen-bond donors (Lipinski definition) is 2. The topological polar surface area (TPSA) is 41.1 Å². The minimum absolute atomic E-state index is 0.194. The summed E-state index contributed by atoms with van der Waals surface area (Å²) >= 11 is 0. The van der Waals surface area contributed by atoms with Crippen LogP contribution in [0.1, 0.15) is 37.7 Å². The number of hydrogen-bond acceptors (Lipinski definition) is 2. The molecule has 0 bridgehead atoms. The van der Waals surface area contributed by atoms with E-state index in [-0.39, 0.29) is 5.91 Å². The molecule has 1 aromatic rings. The van der Waals surface area contributed by atoms with Crippen LogP contribution in [-0.4, -0.2) is 25.0 Å². The molecule has 1 aliphatic heterocycles. The Morgan fingerprint density at radius 1 is 1.39 bits per heavy atom. The van der Waals surface area contributed by atoms with Crippen LogP contribution in [0.3, 0.4) is 0 Å². The van der Waals surface area contributed by atoms with Gasteiger partial charge < -0.3 is 10.6 Å². The van der Waals surface area contributed by atoms with Crippen molar-refractivity contribution in [3.05, 3.63) is 35.9 Å². The second kappa shape index (κ2) is 6.55. The van der Waals surface area contributed by atoms with Gasteiger partial charge in [0.2, 0.25) is 5.91 Å². The van der Waals surface area contributed by atoms with Crippen LogP contribution in [-0.2, 0) is 4.79 Å². The Morgan fingerprint density at radius 2 is 2.17 bits per heavy atom. The van der Waals surface area contributed by atoms with Crippen LogP contribution in [0.2, 0.25) is 0 Å². The Hall–Kier alpha value is -1.35. The molecule has 1 saturated heterocycles. The third-order valence-electron chi connectivity index (χ3n) is 3.60. The Balaban J connectivity index is 1.62. The Labute approximate surface area is 109 Å². The van der Waals surface area contributed by atoms with E-state index in [4.69, 9.17) is 0 Å². The zero-order chi connectivity index (χ0) is 12.8. The summed E-state index contributed by atoms with van der Waals surface area (Å²) in [6.45, 7) is 4.16. The van der Waals surface area contributed by atoms with E-state index in [1.54, 1.807) is 0 Å². The lowest BCUT2D eigenvalue weighted by Gasteiger charge is -2.14. The Morgan fingerprint density at radius 3 is 2.83 bits per heavy atom. The van der Waals surface area contributed by atoms with Crippen LogP contribution in [0.5, 0.6) is 0 Å². The smallest absolute Gasteiger partial charge is 0.220 e. The van der Waals surface area contributed by atoms with Crippen molar-refractivity contribution in [2.75, 3.05) is 13.1 Å². The molecule has 2 unspecified atom stereocenters. The van der Waals surface area contributed by atoms with E-state index in [0.29, 0.717) is 18.4 Å². The van der Waals surface area contributed by atoms with E-state index < -0.39 is 0 Å². The minimum atomic E-state index is 0.194. The van der Waals surface area contributed by atoms with Crippen molar-refractivity contribution in [1.29, 1.82) is 0 Å². The van der Waals surface area contributed by atoms with Gasteiger partial charge in [0.05, 0.1) is 0 Å². The van der Waals surface area contributed by atoms with Crippen molar-refractivity contribution in [3.63, 3.8) is 0 Å². The van der Waals surface area contributed by atoms with Gasteiger partial charge in [-0.1, -0.05) is 37.3 Å². The summed E-state index contributed by atoms with van der Waals surface area (Å²) < 4.78 is 0. The van der Waals surface area contributed by atoms with E-state index >= 15 is 0 Å². The summed E-state index contributed by atoms with van der Waals surface area (Å²) in [5.74, 6) is 0.774. The van der Waals surface area contributed by atoms with E-state index in [1.807, 2.05) is 0 Å². The van der Waals surface area contributed by atoms with Crippen LogP contribution >= 0.6 is 0 Å². The quantitative estimate of drug-likeness (QED) is 0.754. The molecular weight excluding hydrogens is 224 g/mol. The lowest BCUT2D eigenvalue weighted by molar-refractivity contribution is -0.119. The molecule has 3 heteroatoms. The maximum atomic E-state index is 11.0. The molecule has 0 aliphatic carbocycles. The van der Waals surface area contributed by atoms with Crippen LogP contribution in [0, 0.1) is 0 Å². The van der Waals surface area contributed by atoms with Gasteiger partial charge in [-0.15, -0.1) is 0 Å². The third-order valence-corrected chi connectivity index (χ3v) is 3.60. The maximum Gasteiger partial charge on any atom is 0.220 e. The molecule has 3 nitrogen and oxygen atoms in total. The Kier molecular flexibility index (Phi) is 4.76. The normalized spacial score (nSPS) is 20.7. The molecule has 2 rings (SSSR count). The van der Waals surface area contributed by atoms with Crippen LogP contribution in [0.25, 0.3) is 0 Å². The number of carbonyl (C=O) groups excluding carboxylic acids is 1. The summed E-state index contributed by atoms with van der Waals surface area (Å²) in [5, 5.41) is 6.41. The number of benzene rings is 1. The Bertz CT molecular complexity index is 377. The van der Waals surface area contributed by atoms with Crippen LogP contribution in [0.4, 0.5) is 0 Å². The van der Waals surface area contributed by atoms with Gasteiger partial charge >= 0.3 is 0 Å². The lowest BCUT2D eigenvalue weighted by Crippen LogP contribution is -2.36. The molecule has 98 valence electrons. The zero-order valence-corrected chi connectivity index (χ0v) is 11.0. The van der Waals surface area contributed by atoms with Gasteiger partial charge in [0, 0.05) is 19.0 Å². The first-order chi connectivity index (χ1) is 8.75. The number of nitrogens with one attached hydrogen (secondary N) is 2. The van der Waals surface area contributed by atoms with Gasteiger partial charge in [-0.3, -0.25) is 4.79 Å². The first-order valence-corrected chi connectivity index (χ1v) is 6.80. The summed E-state index contributed by atoms with van der Waals surface area (Å²) in [4.78, 5) is 11.0. The average Bonchev–Trinajstić information content (AvgIpc) is 2.81. The first-order valence-electron chi connectivity index (χ1n) is 6.80. The predicted octanol–water partition coefficient (Wildman–Crippen LogP) is 2.05. The van der Waals surface area contributed by atoms with Gasteiger partial charge in [0.25, 0.3) is 0 Å². The average molecular weight is 246 g/mol. The van der Waals surface area contributed by atoms with Gasteiger partial charge in [0.15, 0.2) is 0 Å². The van der Waals surface area contributed by atoms with Crippen molar-refractivity contribution in [2.45, 2.75) is 38.1 Å².